The monoisotopic (exact) mass is 256 g/mol. The fourth-order valence-corrected chi connectivity index (χ4v) is 3.24. The minimum Gasteiger partial charge on any atom is -0.318 e. The van der Waals surface area contributed by atoms with E-state index in [1.165, 1.54) is 0 Å². The number of nitrogens with two attached hydrogens (primary N) is 1. The van der Waals surface area contributed by atoms with Gasteiger partial charge in [0.1, 0.15) is 0 Å². The van der Waals surface area contributed by atoms with Crippen LogP contribution in [0.2, 0.25) is 0 Å². The van der Waals surface area contributed by atoms with Gasteiger partial charge in [0.25, 0.3) is 5.54 Å². The molecular weight excluding hydrogens is 240 g/mol. The topological polar surface area (TPSA) is 69.2 Å². The van der Waals surface area contributed by atoms with Crippen molar-refractivity contribution in [2.24, 2.45) is 11.7 Å². The molecule has 0 aromatic heterocycles. The standard InChI is InChI=1S/C12H17ClN2O2/c13-10-6-7-11(14)12(8-10,15(16)17)9-4-2-1-3-5-9/h6-9,11H,1-5,14H2. The summed E-state index contributed by atoms with van der Waals surface area (Å²) < 4.78 is 0. The first kappa shape index (κ1) is 12.6. The number of allylic oxidation sites excluding steroid dienone is 2. The Labute approximate surface area is 106 Å². The van der Waals surface area contributed by atoms with Gasteiger partial charge in [0, 0.05) is 21.9 Å². The Kier molecular flexibility index (Phi) is 3.54. The van der Waals surface area contributed by atoms with E-state index in [9.17, 15) is 10.1 Å². The quantitative estimate of drug-likeness (QED) is 0.610. The number of hydrogen-bond acceptors (Lipinski definition) is 3. The Balaban J connectivity index is 2.37. The summed E-state index contributed by atoms with van der Waals surface area (Å²) in [5.41, 5.74) is 4.77. The highest BCUT2D eigenvalue weighted by atomic mass is 35.5. The molecule has 0 spiro atoms. The maximum Gasteiger partial charge on any atom is 0.263 e. The minimum absolute atomic E-state index is 0.0000463. The van der Waals surface area contributed by atoms with Crippen molar-refractivity contribution in [3.63, 3.8) is 0 Å². The Morgan fingerprint density at radius 1 is 1.41 bits per heavy atom. The van der Waals surface area contributed by atoms with E-state index in [0.29, 0.717) is 5.03 Å². The van der Waals surface area contributed by atoms with Gasteiger partial charge < -0.3 is 5.73 Å². The average Bonchev–Trinajstić information content (AvgIpc) is 2.33. The fourth-order valence-electron chi connectivity index (χ4n) is 2.99. The summed E-state index contributed by atoms with van der Waals surface area (Å²) in [4.78, 5) is 11.3. The summed E-state index contributed by atoms with van der Waals surface area (Å²) >= 11 is 5.94. The highest BCUT2D eigenvalue weighted by molar-refractivity contribution is 6.31. The lowest BCUT2D eigenvalue weighted by molar-refractivity contribution is -0.568. The zero-order valence-corrected chi connectivity index (χ0v) is 10.4. The summed E-state index contributed by atoms with van der Waals surface area (Å²) in [5, 5.41) is 11.9. The third kappa shape index (κ3) is 2.11. The highest BCUT2D eigenvalue weighted by Gasteiger charge is 2.53. The molecule has 0 amide bonds. The van der Waals surface area contributed by atoms with Crippen LogP contribution in [0.1, 0.15) is 32.1 Å². The molecule has 17 heavy (non-hydrogen) atoms. The lowest BCUT2D eigenvalue weighted by Gasteiger charge is -2.37. The third-order valence-corrected chi connectivity index (χ3v) is 4.18. The van der Waals surface area contributed by atoms with E-state index in [2.05, 4.69) is 0 Å². The van der Waals surface area contributed by atoms with E-state index in [1.807, 2.05) is 0 Å². The number of rotatable bonds is 2. The highest BCUT2D eigenvalue weighted by Crippen LogP contribution is 2.40. The van der Waals surface area contributed by atoms with E-state index < -0.39 is 11.6 Å². The molecule has 0 radical (unpaired) electrons. The summed E-state index contributed by atoms with van der Waals surface area (Å²) in [6.07, 6.45) is 9.83. The first-order chi connectivity index (χ1) is 8.07. The first-order valence-corrected chi connectivity index (χ1v) is 6.42. The Hall–Kier alpha value is -0.870. The van der Waals surface area contributed by atoms with Crippen LogP contribution in [0.25, 0.3) is 0 Å². The number of nitrogens with zero attached hydrogens (tertiary/aromatic N) is 1. The molecule has 4 nitrogen and oxygen atoms in total. The van der Waals surface area contributed by atoms with Crippen LogP contribution in [0.15, 0.2) is 23.3 Å². The van der Waals surface area contributed by atoms with E-state index in [-0.39, 0.29) is 10.8 Å². The van der Waals surface area contributed by atoms with E-state index in [0.717, 1.165) is 32.1 Å². The molecule has 2 aliphatic rings. The van der Waals surface area contributed by atoms with Gasteiger partial charge in [0.05, 0.1) is 6.04 Å². The van der Waals surface area contributed by atoms with E-state index in [1.54, 1.807) is 18.2 Å². The largest absolute Gasteiger partial charge is 0.318 e. The molecule has 0 bridgehead atoms. The molecule has 0 aliphatic heterocycles. The second kappa shape index (κ2) is 4.78. The Bertz CT molecular complexity index is 375. The van der Waals surface area contributed by atoms with Gasteiger partial charge >= 0.3 is 0 Å². The Morgan fingerprint density at radius 3 is 2.65 bits per heavy atom. The second-order valence-electron chi connectivity index (χ2n) is 4.89. The van der Waals surface area contributed by atoms with Crippen LogP contribution < -0.4 is 5.73 Å². The van der Waals surface area contributed by atoms with Crippen molar-refractivity contribution >= 4 is 11.6 Å². The maximum absolute atomic E-state index is 11.5. The van der Waals surface area contributed by atoms with Crippen LogP contribution >= 0.6 is 11.6 Å². The number of hydrogen-bond donors (Lipinski definition) is 1. The van der Waals surface area contributed by atoms with Gasteiger partial charge in [-0.25, -0.2) is 0 Å². The molecular formula is C12H17ClN2O2. The zero-order valence-electron chi connectivity index (χ0n) is 9.64. The van der Waals surface area contributed by atoms with E-state index >= 15 is 0 Å². The van der Waals surface area contributed by atoms with Crippen molar-refractivity contribution < 1.29 is 4.92 Å². The van der Waals surface area contributed by atoms with Gasteiger partial charge in [-0.1, -0.05) is 36.9 Å². The van der Waals surface area contributed by atoms with Gasteiger partial charge in [-0.05, 0) is 18.9 Å². The molecule has 2 atom stereocenters. The molecule has 94 valence electrons. The molecule has 0 heterocycles. The molecule has 0 aromatic rings. The fraction of sp³-hybridized carbons (Fsp3) is 0.667. The lowest BCUT2D eigenvalue weighted by Crippen LogP contribution is -2.58. The van der Waals surface area contributed by atoms with Gasteiger partial charge in [-0.2, -0.15) is 0 Å². The first-order valence-electron chi connectivity index (χ1n) is 6.04. The second-order valence-corrected chi connectivity index (χ2v) is 5.33. The molecule has 2 unspecified atom stereocenters. The van der Waals surface area contributed by atoms with Crippen LogP contribution in [0.3, 0.4) is 0 Å². The maximum atomic E-state index is 11.5. The van der Waals surface area contributed by atoms with Crippen LogP contribution in [-0.4, -0.2) is 16.5 Å². The van der Waals surface area contributed by atoms with Crippen molar-refractivity contribution in [3.8, 4) is 0 Å². The van der Waals surface area contributed by atoms with E-state index in [4.69, 9.17) is 17.3 Å². The van der Waals surface area contributed by atoms with Crippen molar-refractivity contribution in [1.29, 1.82) is 0 Å². The summed E-state index contributed by atoms with van der Waals surface area (Å²) in [6.45, 7) is 0. The molecule has 0 saturated heterocycles. The van der Waals surface area contributed by atoms with Gasteiger partial charge in [-0.3, -0.25) is 10.1 Å². The van der Waals surface area contributed by atoms with Crippen LogP contribution in [0.5, 0.6) is 0 Å². The molecule has 2 N–H and O–H groups in total. The molecule has 2 aliphatic carbocycles. The van der Waals surface area contributed by atoms with Crippen LogP contribution in [0.4, 0.5) is 0 Å². The van der Waals surface area contributed by atoms with Gasteiger partial charge in [0.15, 0.2) is 0 Å². The Morgan fingerprint density at radius 2 is 2.06 bits per heavy atom. The summed E-state index contributed by atoms with van der Waals surface area (Å²) in [7, 11) is 0. The van der Waals surface area contributed by atoms with Crippen molar-refractivity contribution in [3.05, 3.63) is 33.4 Å². The van der Waals surface area contributed by atoms with Crippen molar-refractivity contribution in [1.82, 2.24) is 0 Å². The smallest absolute Gasteiger partial charge is 0.263 e. The number of nitro groups is 1. The lowest BCUT2D eigenvalue weighted by atomic mass is 9.70. The predicted molar refractivity (Wildman–Crippen MR) is 67.4 cm³/mol. The molecule has 1 fully saturated rings. The molecule has 5 heteroatoms. The predicted octanol–water partition coefficient (Wildman–Crippen LogP) is 2.60. The van der Waals surface area contributed by atoms with Crippen LogP contribution in [0, 0.1) is 16.0 Å². The average molecular weight is 257 g/mol. The zero-order chi connectivity index (χ0) is 12.5. The SMILES string of the molecule is NC1C=CC(Cl)=CC1(C1CCCCC1)[N+](=O)[O-]. The molecule has 2 rings (SSSR count). The summed E-state index contributed by atoms with van der Waals surface area (Å²) in [5.74, 6) is -0.0000463. The van der Waals surface area contributed by atoms with Gasteiger partial charge in [0.2, 0.25) is 0 Å². The minimum atomic E-state index is -1.20. The van der Waals surface area contributed by atoms with Crippen molar-refractivity contribution in [2.45, 2.75) is 43.7 Å². The van der Waals surface area contributed by atoms with Crippen molar-refractivity contribution in [2.75, 3.05) is 0 Å². The van der Waals surface area contributed by atoms with Gasteiger partial charge in [-0.15, -0.1) is 0 Å². The number of halogens is 1. The van der Waals surface area contributed by atoms with Crippen LogP contribution in [-0.2, 0) is 0 Å². The molecule has 1 saturated carbocycles. The third-order valence-electron chi connectivity index (χ3n) is 3.94. The molecule has 0 aromatic carbocycles. The normalized spacial score (nSPS) is 34.5. The summed E-state index contributed by atoms with van der Waals surface area (Å²) in [6, 6.07) is -0.580.